The van der Waals surface area contributed by atoms with Crippen molar-refractivity contribution in [3.05, 3.63) is 34.1 Å². The second-order valence-electron chi connectivity index (χ2n) is 4.07. The van der Waals surface area contributed by atoms with Crippen molar-refractivity contribution in [3.63, 3.8) is 0 Å². The van der Waals surface area contributed by atoms with Crippen molar-refractivity contribution in [1.82, 2.24) is 5.32 Å². The molecule has 1 atom stereocenters. The number of para-hydroxylation sites is 1. The molecule has 2 N–H and O–H groups in total. The summed E-state index contributed by atoms with van der Waals surface area (Å²) >= 11 is 0. The SMILES string of the molecule is O=[N+]([O-])c1cccc(F)c1NCC1CCCN1. The Labute approximate surface area is 98.2 Å². The van der Waals surface area contributed by atoms with Crippen LogP contribution in [0.25, 0.3) is 0 Å². The van der Waals surface area contributed by atoms with Crippen molar-refractivity contribution < 1.29 is 9.31 Å². The van der Waals surface area contributed by atoms with E-state index in [2.05, 4.69) is 10.6 Å². The number of nitrogens with one attached hydrogen (secondary N) is 2. The van der Waals surface area contributed by atoms with Crippen molar-refractivity contribution in [2.24, 2.45) is 0 Å². The number of hydrogen-bond acceptors (Lipinski definition) is 4. The maximum atomic E-state index is 13.5. The molecule has 0 radical (unpaired) electrons. The van der Waals surface area contributed by atoms with Crippen LogP contribution in [0.3, 0.4) is 0 Å². The maximum absolute atomic E-state index is 13.5. The number of hydrogen-bond donors (Lipinski definition) is 2. The first-order valence-corrected chi connectivity index (χ1v) is 5.58. The van der Waals surface area contributed by atoms with E-state index in [4.69, 9.17) is 0 Å². The molecule has 1 aromatic rings. The van der Waals surface area contributed by atoms with Gasteiger partial charge in [0.2, 0.25) is 0 Å². The van der Waals surface area contributed by atoms with Gasteiger partial charge in [-0.25, -0.2) is 4.39 Å². The molecule has 0 amide bonds. The molecule has 0 saturated carbocycles. The summed E-state index contributed by atoms with van der Waals surface area (Å²) in [6.45, 7) is 1.45. The number of nitrogens with zero attached hydrogens (tertiary/aromatic N) is 1. The van der Waals surface area contributed by atoms with Gasteiger partial charge in [0.15, 0.2) is 5.82 Å². The molecule has 17 heavy (non-hydrogen) atoms. The summed E-state index contributed by atoms with van der Waals surface area (Å²) < 4.78 is 13.5. The minimum absolute atomic E-state index is 0.0220. The lowest BCUT2D eigenvalue weighted by Crippen LogP contribution is -2.29. The van der Waals surface area contributed by atoms with Crippen LogP contribution in [0.2, 0.25) is 0 Å². The second-order valence-corrected chi connectivity index (χ2v) is 4.07. The largest absolute Gasteiger partial charge is 0.376 e. The standard InChI is InChI=1S/C11H14FN3O2/c12-9-4-1-5-10(15(16)17)11(9)14-7-8-3-2-6-13-8/h1,4-5,8,13-14H,2-3,6-7H2. The summed E-state index contributed by atoms with van der Waals surface area (Å²) in [7, 11) is 0. The van der Waals surface area contributed by atoms with E-state index in [0.29, 0.717) is 6.54 Å². The fourth-order valence-electron chi connectivity index (χ4n) is 2.00. The van der Waals surface area contributed by atoms with Gasteiger partial charge in [-0.15, -0.1) is 0 Å². The molecule has 1 saturated heterocycles. The van der Waals surface area contributed by atoms with Crippen LogP contribution in [0.5, 0.6) is 0 Å². The second kappa shape index (κ2) is 5.09. The summed E-state index contributed by atoms with van der Waals surface area (Å²) in [5.74, 6) is -0.586. The van der Waals surface area contributed by atoms with Crippen LogP contribution in [-0.4, -0.2) is 24.1 Å². The number of benzene rings is 1. The highest BCUT2D eigenvalue weighted by Gasteiger charge is 2.20. The van der Waals surface area contributed by atoms with E-state index in [-0.39, 0.29) is 17.4 Å². The van der Waals surface area contributed by atoms with Gasteiger partial charge >= 0.3 is 0 Å². The molecular weight excluding hydrogens is 225 g/mol. The van der Waals surface area contributed by atoms with Crippen LogP contribution < -0.4 is 10.6 Å². The Kier molecular flexibility index (Phi) is 3.53. The van der Waals surface area contributed by atoms with Crippen molar-refractivity contribution >= 4 is 11.4 Å². The van der Waals surface area contributed by atoms with E-state index in [1.165, 1.54) is 18.2 Å². The first kappa shape index (κ1) is 11.8. The first-order chi connectivity index (χ1) is 8.18. The molecule has 92 valence electrons. The molecule has 2 rings (SSSR count). The van der Waals surface area contributed by atoms with Gasteiger partial charge in [0, 0.05) is 18.7 Å². The number of rotatable bonds is 4. The lowest BCUT2D eigenvalue weighted by atomic mass is 10.2. The number of nitro groups is 1. The molecule has 0 aromatic heterocycles. The Morgan fingerprint density at radius 1 is 1.59 bits per heavy atom. The lowest BCUT2D eigenvalue weighted by Gasteiger charge is -2.13. The van der Waals surface area contributed by atoms with E-state index in [9.17, 15) is 14.5 Å². The van der Waals surface area contributed by atoms with Gasteiger partial charge in [-0.1, -0.05) is 6.07 Å². The minimum atomic E-state index is -0.586. The highest BCUT2D eigenvalue weighted by molar-refractivity contribution is 5.62. The normalized spacial score (nSPS) is 19.2. The lowest BCUT2D eigenvalue weighted by molar-refractivity contribution is -0.384. The van der Waals surface area contributed by atoms with E-state index in [1.807, 2.05) is 0 Å². The van der Waals surface area contributed by atoms with Crippen LogP contribution in [0.1, 0.15) is 12.8 Å². The molecule has 1 unspecified atom stereocenters. The van der Waals surface area contributed by atoms with Gasteiger partial charge in [-0.2, -0.15) is 0 Å². The Hall–Kier alpha value is -1.69. The molecule has 6 heteroatoms. The zero-order valence-electron chi connectivity index (χ0n) is 9.28. The summed E-state index contributed by atoms with van der Waals surface area (Å²) in [4.78, 5) is 10.2. The number of nitro benzene ring substituents is 1. The topological polar surface area (TPSA) is 67.2 Å². The average Bonchev–Trinajstić information content (AvgIpc) is 2.80. The molecule has 1 aromatic carbocycles. The molecule has 0 aliphatic carbocycles. The molecule has 0 bridgehead atoms. The van der Waals surface area contributed by atoms with E-state index in [1.54, 1.807) is 0 Å². The molecule has 0 spiro atoms. The summed E-state index contributed by atoms with van der Waals surface area (Å²) in [6.07, 6.45) is 2.10. The minimum Gasteiger partial charge on any atom is -0.376 e. The van der Waals surface area contributed by atoms with Gasteiger partial charge in [-0.3, -0.25) is 10.1 Å². The van der Waals surface area contributed by atoms with Gasteiger partial charge < -0.3 is 10.6 Å². The molecule has 5 nitrogen and oxygen atoms in total. The molecular formula is C11H14FN3O2. The zero-order valence-corrected chi connectivity index (χ0v) is 9.28. The Bertz CT molecular complexity index is 419. The molecule has 1 aliphatic heterocycles. The average molecular weight is 239 g/mol. The van der Waals surface area contributed by atoms with Crippen LogP contribution in [-0.2, 0) is 0 Å². The third-order valence-corrected chi connectivity index (χ3v) is 2.88. The fourth-order valence-corrected chi connectivity index (χ4v) is 2.00. The van der Waals surface area contributed by atoms with Crippen molar-refractivity contribution in [1.29, 1.82) is 0 Å². The first-order valence-electron chi connectivity index (χ1n) is 5.58. The predicted molar refractivity (Wildman–Crippen MR) is 62.6 cm³/mol. The predicted octanol–water partition coefficient (Wildman–Crippen LogP) is 1.90. The summed E-state index contributed by atoms with van der Waals surface area (Å²) in [5.41, 5.74) is -0.241. The molecule has 1 heterocycles. The Morgan fingerprint density at radius 2 is 2.41 bits per heavy atom. The van der Waals surface area contributed by atoms with Gasteiger partial charge in [0.25, 0.3) is 5.69 Å². The third kappa shape index (κ3) is 2.71. The third-order valence-electron chi connectivity index (χ3n) is 2.88. The Morgan fingerprint density at radius 3 is 3.06 bits per heavy atom. The van der Waals surface area contributed by atoms with Gasteiger partial charge in [-0.05, 0) is 25.5 Å². The summed E-state index contributed by atoms with van der Waals surface area (Å²) in [6, 6.07) is 4.12. The van der Waals surface area contributed by atoms with Crippen molar-refractivity contribution in [2.75, 3.05) is 18.4 Å². The Balaban J connectivity index is 2.10. The van der Waals surface area contributed by atoms with Crippen LogP contribution >= 0.6 is 0 Å². The molecule has 1 aliphatic rings. The van der Waals surface area contributed by atoms with Crippen molar-refractivity contribution in [3.8, 4) is 0 Å². The van der Waals surface area contributed by atoms with Gasteiger partial charge in [0.1, 0.15) is 5.69 Å². The monoisotopic (exact) mass is 239 g/mol. The van der Waals surface area contributed by atoms with E-state index in [0.717, 1.165) is 19.4 Å². The number of anilines is 1. The smallest absolute Gasteiger partial charge is 0.295 e. The highest BCUT2D eigenvalue weighted by atomic mass is 19.1. The maximum Gasteiger partial charge on any atom is 0.295 e. The quantitative estimate of drug-likeness (QED) is 0.622. The number of halogens is 1. The van der Waals surface area contributed by atoms with E-state index < -0.39 is 10.7 Å². The van der Waals surface area contributed by atoms with Crippen LogP contribution in [0.15, 0.2) is 18.2 Å². The highest BCUT2D eigenvalue weighted by Crippen LogP contribution is 2.27. The van der Waals surface area contributed by atoms with Gasteiger partial charge in [0.05, 0.1) is 4.92 Å². The summed E-state index contributed by atoms with van der Waals surface area (Å²) in [5, 5.41) is 16.8. The van der Waals surface area contributed by atoms with Crippen LogP contribution in [0, 0.1) is 15.9 Å². The van der Waals surface area contributed by atoms with E-state index >= 15 is 0 Å². The zero-order chi connectivity index (χ0) is 12.3. The van der Waals surface area contributed by atoms with Crippen LogP contribution in [0.4, 0.5) is 15.8 Å². The molecule has 1 fully saturated rings. The fraction of sp³-hybridized carbons (Fsp3) is 0.455. The van der Waals surface area contributed by atoms with Crippen molar-refractivity contribution in [2.45, 2.75) is 18.9 Å².